The highest BCUT2D eigenvalue weighted by molar-refractivity contribution is 5.36. The lowest BCUT2D eigenvalue weighted by Crippen LogP contribution is -2.55. The van der Waals surface area contributed by atoms with Crippen molar-refractivity contribution in [2.45, 2.75) is 44.3 Å². The van der Waals surface area contributed by atoms with E-state index in [0.717, 1.165) is 24.3 Å². The highest BCUT2D eigenvalue weighted by atomic mass is 19.4. The van der Waals surface area contributed by atoms with Crippen molar-refractivity contribution in [1.82, 2.24) is 10.2 Å². The molecule has 0 amide bonds. The standard InChI is InChI=1S/C21H22F6N2/c1-13-12-29(14(2)11-28-13)19(15-3-7-17(8-4-15)20(22,23)24)16-5-9-18(10-6-16)21(25,26)27/h3-10,13-14,19,28H,11-12H2,1-2H3/t13-,14+/m0/s1. The Kier molecular flexibility index (Phi) is 5.96. The zero-order chi connectivity index (χ0) is 21.4. The first-order valence-electron chi connectivity index (χ1n) is 9.30. The third kappa shape index (κ3) is 4.93. The van der Waals surface area contributed by atoms with E-state index in [2.05, 4.69) is 10.2 Å². The number of halogens is 6. The van der Waals surface area contributed by atoms with Crippen LogP contribution < -0.4 is 5.32 Å². The summed E-state index contributed by atoms with van der Waals surface area (Å²) in [7, 11) is 0. The van der Waals surface area contributed by atoms with E-state index in [4.69, 9.17) is 0 Å². The summed E-state index contributed by atoms with van der Waals surface area (Å²) in [5.74, 6) is 0. The molecule has 2 atom stereocenters. The van der Waals surface area contributed by atoms with Gasteiger partial charge in [-0.1, -0.05) is 24.3 Å². The highest BCUT2D eigenvalue weighted by Crippen LogP contribution is 2.36. The van der Waals surface area contributed by atoms with Gasteiger partial charge < -0.3 is 5.32 Å². The molecule has 0 saturated carbocycles. The number of nitrogens with zero attached hydrogens (tertiary/aromatic N) is 1. The number of benzene rings is 2. The van der Waals surface area contributed by atoms with E-state index in [1.165, 1.54) is 24.3 Å². The third-order valence-corrected chi connectivity index (χ3v) is 5.25. The molecular weight excluding hydrogens is 394 g/mol. The van der Waals surface area contributed by atoms with E-state index in [1.807, 2.05) is 13.8 Å². The van der Waals surface area contributed by atoms with Gasteiger partial charge in [0.1, 0.15) is 0 Å². The van der Waals surface area contributed by atoms with E-state index in [1.54, 1.807) is 0 Å². The number of rotatable bonds is 3. The first-order chi connectivity index (χ1) is 13.5. The third-order valence-electron chi connectivity index (χ3n) is 5.25. The van der Waals surface area contributed by atoms with Crippen molar-refractivity contribution in [3.05, 3.63) is 70.8 Å². The van der Waals surface area contributed by atoms with Gasteiger partial charge in [-0.25, -0.2) is 0 Å². The van der Waals surface area contributed by atoms with Crippen molar-refractivity contribution in [1.29, 1.82) is 0 Å². The van der Waals surface area contributed by atoms with Gasteiger partial charge in [0.25, 0.3) is 0 Å². The van der Waals surface area contributed by atoms with Crippen LogP contribution in [-0.2, 0) is 12.4 Å². The summed E-state index contributed by atoms with van der Waals surface area (Å²) in [6, 6.07) is 9.46. The van der Waals surface area contributed by atoms with Gasteiger partial charge in [-0.2, -0.15) is 26.3 Å². The minimum atomic E-state index is -4.45. The van der Waals surface area contributed by atoms with Gasteiger partial charge in [-0.15, -0.1) is 0 Å². The topological polar surface area (TPSA) is 15.3 Å². The minimum Gasteiger partial charge on any atom is -0.311 e. The van der Waals surface area contributed by atoms with E-state index < -0.39 is 29.5 Å². The Balaban J connectivity index is 2.02. The van der Waals surface area contributed by atoms with Crippen molar-refractivity contribution in [3.63, 3.8) is 0 Å². The predicted molar refractivity (Wildman–Crippen MR) is 98.4 cm³/mol. The second-order valence-corrected chi connectivity index (χ2v) is 7.50. The van der Waals surface area contributed by atoms with Gasteiger partial charge in [0, 0.05) is 25.2 Å². The fourth-order valence-electron chi connectivity index (χ4n) is 3.69. The average molecular weight is 416 g/mol. The summed E-state index contributed by atoms with van der Waals surface area (Å²) in [4.78, 5) is 2.12. The summed E-state index contributed by atoms with van der Waals surface area (Å²) in [6.07, 6.45) is -8.89. The van der Waals surface area contributed by atoms with Gasteiger partial charge in [0.2, 0.25) is 0 Å². The fourth-order valence-corrected chi connectivity index (χ4v) is 3.69. The maximum atomic E-state index is 12.9. The molecule has 1 saturated heterocycles. The Morgan fingerprint density at radius 1 is 0.793 bits per heavy atom. The lowest BCUT2D eigenvalue weighted by Gasteiger charge is -2.43. The molecule has 0 unspecified atom stereocenters. The summed E-state index contributed by atoms with van der Waals surface area (Å²) < 4.78 is 77.7. The normalized spacial score (nSPS) is 21.6. The Labute approximate surface area is 165 Å². The van der Waals surface area contributed by atoms with Crippen LogP contribution in [0.2, 0.25) is 0 Å². The van der Waals surface area contributed by atoms with Crippen molar-refractivity contribution in [2.75, 3.05) is 13.1 Å². The maximum absolute atomic E-state index is 12.9. The van der Waals surface area contributed by atoms with Crippen LogP contribution in [0, 0.1) is 0 Å². The van der Waals surface area contributed by atoms with Crippen LogP contribution in [0.5, 0.6) is 0 Å². The Hall–Kier alpha value is -2.06. The molecule has 0 radical (unpaired) electrons. The van der Waals surface area contributed by atoms with Crippen molar-refractivity contribution < 1.29 is 26.3 Å². The van der Waals surface area contributed by atoms with Crippen LogP contribution >= 0.6 is 0 Å². The summed E-state index contributed by atoms with van der Waals surface area (Å²) in [6.45, 7) is 5.28. The Morgan fingerprint density at radius 3 is 1.59 bits per heavy atom. The van der Waals surface area contributed by atoms with Crippen LogP contribution in [0.3, 0.4) is 0 Å². The van der Waals surface area contributed by atoms with Gasteiger partial charge in [-0.3, -0.25) is 4.90 Å². The minimum absolute atomic E-state index is 0.0563. The largest absolute Gasteiger partial charge is 0.416 e. The molecule has 1 aliphatic rings. The quantitative estimate of drug-likeness (QED) is 0.665. The fraction of sp³-hybridized carbons (Fsp3) is 0.429. The second-order valence-electron chi connectivity index (χ2n) is 7.50. The zero-order valence-electron chi connectivity index (χ0n) is 16.0. The van der Waals surface area contributed by atoms with E-state index in [9.17, 15) is 26.3 Å². The lowest BCUT2D eigenvalue weighted by atomic mass is 9.92. The summed E-state index contributed by atoms with van der Waals surface area (Å²) in [5.41, 5.74) is -0.291. The van der Waals surface area contributed by atoms with Crippen LogP contribution in [0.15, 0.2) is 48.5 Å². The molecule has 0 aliphatic carbocycles. The molecule has 1 N–H and O–H groups in total. The molecule has 1 aliphatic heterocycles. The molecule has 2 nitrogen and oxygen atoms in total. The predicted octanol–water partition coefficient (Wildman–Crippen LogP) is 5.50. The molecule has 0 aromatic heterocycles. The molecule has 1 fully saturated rings. The summed E-state index contributed by atoms with van der Waals surface area (Å²) in [5, 5.41) is 3.34. The van der Waals surface area contributed by atoms with Gasteiger partial charge in [0.15, 0.2) is 0 Å². The SMILES string of the molecule is C[C@@H]1CN[C@@H](C)CN1C(c1ccc(C(F)(F)F)cc1)c1ccc(C(F)(F)F)cc1. The van der Waals surface area contributed by atoms with Crippen molar-refractivity contribution in [3.8, 4) is 0 Å². The second kappa shape index (κ2) is 7.99. The van der Waals surface area contributed by atoms with E-state index in [0.29, 0.717) is 24.2 Å². The first-order valence-corrected chi connectivity index (χ1v) is 9.30. The van der Waals surface area contributed by atoms with E-state index >= 15 is 0 Å². The molecule has 2 aromatic carbocycles. The molecular formula is C21H22F6N2. The van der Waals surface area contributed by atoms with Gasteiger partial charge in [0.05, 0.1) is 17.2 Å². The van der Waals surface area contributed by atoms with Gasteiger partial charge >= 0.3 is 12.4 Å². The van der Waals surface area contributed by atoms with Crippen LogP contribution in [0.4, 0.5) is 26.3 Å². The van der Waals surface area contributed by atoms with E-state index in [-0.39, 0.29) is 12.1 Å². The van der Waals surface area contributed by atoms with Crippen LogP contribution in [0.1, 0.15) is 42.1 Å². The molecule has 29 heavy (non-hydrogen) atoms. The monoisotopic (exact) mass is 416 g/mol. The Bertz CT molecular complexity index is 754. The number of alkyl halides is 6. The number of piperazine rings is 1. The molecule has 8 heteroatoms. The maximum Gasteiger partial charge on any atom is 0.416 e. The summed E-state index contributed by atoms with van der Waals surface area (Å²) >= 11 is 0. The van der Waals surface area contributed by atoms with Crippen molar-refractivity contribution >= 4 is 0 Å². The molecule has 0 bridgehead atoms. The molecule has 3 rings (SSSR count). The number of hydrogen-bond donors (Lipinski definition) is 1. The average Bonchev–Trinajstić information content (AvgIpc) is 2.64. The molecule has 1 heterocycles. The zero-order valence-corrected chi connectivity index (χ0v) is 16.0. The van der Waals surface area contributed by atoms with Crippen LogP contribution in [0.25, 0.3) is 0 Å². The van der Waals surface area contributed by atoms with Crippen LogP contribution in [-0.4, -0.2) is 30.1 Å². The lowest BCUT2D eigenvalue weighted by molar-refractivity contribution is -0.138. The van der Waals surface area contributed by atoms with Gasteiger partial charge in [-0.05, 0) is 49.2 Å². The van der Waals surface area contributed by atoms with Crippen molar-refractivity contribution in [2.24, 2.45) is 0 Å². The smallest absolute Gasteiger partial charge is 0.311 e. The highest BCUT2D eigenvalue weighted by Gasteiger charge is 2.34. The number of hydrogen-bond acceptors (Lipinski definition) is 2. The number of nitrogens with one attached hydrogen (secondary N) is 1. The molecule has 2 aromatic rings. The first kappa shape index (κ1) is 21.6. The molecule has 0 spiro atoms. The Morgan fingerprint density at radius 2 is 1.21 bits per heavy atom. The molecule has 158 valence electrons.